The van der Waals surface area contributed by atoms with Gasteiger partial charge in [-0.15, -0.1) is 0 Å². The van der Waals surface area contributed by atoms with Crippen LogP contribution in [0, 0.1) is 6.92 Å². The summed E-state index contributed by atoms with van der Waals surface area (Å²) in [6, 6.07) is 2.00. The van der Waals surface area contributed by atoms with Crippen LogP contribution in [0.1, 0.15) is 11.1 Å². The summed E-state index contributed by atoms with van der Waals surface area (Å²) in [5.41, 5.74) is 7.91. The molecule has 0 spiro atoms. The lowest BCUT2D eigenvalue weighted by atomic mass is 10.1. The lowest BCUT2D eigenvalue weighted by Crippen LogP contribution is -2.05. The molecule has 0 amide bonds. The summed E-state index contributed by atoms with van der Waals surface area (Å²) in [5, 5.41) is 0. The second-order valence-electron chi connectivity index (χ2n) is 2.44. The maximum absolute atomic E-state index is 5.45. The molecule has 0 aliphatic heterocycles. The Morgan fingerprint density at radius 3 is 2.91 bits per heavy atom. The molecule has 2 N–H and O–H groups in total. The van der Waals surface area contributed by atoms with Crippen molar-refractivity contribution in [1.29, 1.82) is 0 Å². The number of aromatic nitrogens is 1. The highest BCUT2D eigenvalue weighted by Gasteiger charge is 2.01. The molecule has 0 saturated carbocycles. The van der Waals surface area contributed by atoms with Gasteiger partial charge >= 0.3 is 0 Å². The summed E-state index contributed by atoms with van der Waals surface area (Å²) in [5.74, 6) is 0. The van der Waals surface area contributed by atoms with E-state index in [1.807, 2.05) is 6.07 Å². The molecule has 0 bridgehead atoms. The number of nitrogens with two attached hydrogens (primary N) is 1. The van der Waals surface area contributed by atoms with Gasteiger partial charge in [-0.25, -0.2) is 4.98 Å². The Morgan fingerprint density at radius 1 is 1.64 bits per heavy atom. The van der Waals surface area contributed by atoms with Crippen molar-refractivity contribution in [3.05, 3.63) is 28.0 Å². The first-order chi connectivity index (χ1) is 5.25. The van der Waals surface area contributed by atoms with Crippen LogP contribution in [0.5, 0.6) is 0 Å². The average Bonchev–Trinajstić information content (AvgIpc) is 1.97. The molecule has 0 aromatic carbocycles. The maximum Gasteiger partial charge on any atom is 0.109 e. The van der Waals surface area contributed by atoms with E-state index in [9.17, 15) is 0 Å². The zero-order valence-electron chi connectivity index (χ0n) is 6.47. The standard InChI is InChI=1S/C8H11BrN2/c1-6-3-5-11-8(9)7(6)2-4-10/h3,5H,2,4,10H2,1H3. The van der Waals surface area contributed by atoms with Crippen molar-refractivity contribution in [3.63, 3.8) is 0 Å². The summed E-state index contributed by atoms with van der Waals surface area (Å²) >= 11 is 3.38. The Kier molecular flexibility index (Phi) is 3.02. The molecule has 0 fully saturated rings. The predicted octanol–water partition coefficient (Wildman–Crippen LogP) is 1.65. The Hall–Kier alpha value is -0.410. The number of pyridine rings is 1. The van der Waals surface area contributed by atoms with Gasteiger partial charge in [0.1, 0.15) is 4.60 Å². The van der Waals surface area contributed by atoms with Crippen LogP contribution < -0.4 is 5.73 Å². The molecular weight excluding hydrogens is 204 g/mol. The summed E-state index contributed by atoms with van der Waals surface area (Å²) in [7, 11) is 0. The fourth-order valence-electron chi connectivity index (χ4n) is 1.00. The van der Waals surface area contributed by atoms with Crippen LogP contribution in [0.25, 0.3) is 0 Å². The van der Waals surface area contributed by atoms with Crippen molar-refractivity contribution in [3.8, 4) is 0 Å². The van der Waals surface area contributed by atoms with Crippen molar-refractivity contribution in [2.75, 3.05) is 6.54 Å². The van der Waals surface area contributed by atoms with Gasteiger partial charge in [-0.05, 0) is 53.0 Å². The minimum atomic E-state index is 0.672. The number of hydrogen-bond acceptors (Lipinski definition) is 2. The number of aryl methyl sites for hydroxylation is 1. The third-order valence-corrected chi connectivity index (χ3v) is 2.32. The van der Waals surface area contributed by atoms with Gasteiger partial charge in [0.15, 0.2) is 0 Å². The van der Waals surface area contributed by atoms with Crippen molar-refractivity contribution < 1.29 is 0 Å². The second kappa shape index (κ2) is 3.83. The largest absolute Gasteiger partial charge is 0.330 e. The lowest BCUT2D eigenvalue weighted by Gasteiger charge is -2.04. The summed E-state index contributed by atoms with van der Waals surface area (Å²) < 4.78 is 0.919. The van der Waals surface area contributed by atoms with E-state index in [-0.39, 0.29) is 0 Å². The van der Waals surface area contributed by atoms with E-state index in [2.05, 4.69) is 27.8 Å². The SMILES string of the molecule is Cc1ccnc(Br)c1CCN. The van der Waals surface area contributed by atoms with Crippen LogP contribution in [0.3, 0.4) is 0 Å². The Labute approximate surface area is 75.0 Å². The first kappa shape index (κ1) is 8.68. The van der Waals surface area contributed by atoms with Crippen molar-refractivity contribution in [1.82, 2.24) is 4.98 Å². The first-order valence-electron chi connectivity index (χ1n) is 3.55. The molecule has 0 radical (unpaired) electrons. The predicted molar refractivity (Wildman–Crippen MR) is 49.4 cm³/mol. The van der Waals surface area contributed by atoms with E-state index >= 15 is 0 Å². The number of hydrogen-bond donors (Lipinski definition) is 1. The molecule has 0 unspecified atom stereocenters. The Bertz CT molecular complexity index is 228. The molecule has 1 rings (SSSR count). The molecule has 60 valence electrons. The molecule has 1 aromatic heterocycles. The highest BCUT2D eigenvalue weighted by atomic mass is 79.9. The van der Waals surface area contributed by atoms with E-state index in [1.54, 1.807) is 6.20 Å². The van der Waals surface area contributed by atoms with Gasteiger partial charge < -0.3 is 5.73 Å². The molecule has 1 aromatic rings. The molecule has 2 nitrogen and oxygen atoms in total. The van der Waals surface area contributed by atoms with Crippen molar-refractivity contribution in [2.45, 2.75) is 13.3 Å². The van der Waals surface area contributed by atoms with Crippen LogP contribution in [0.2, 0.25) is 0 Å². The molecule has 3 heteroatoms. The highest BCUT2D eigenvalue weighted by molar-refractivity contribution is 9.10. The van der Waals surface area contributed by atoms with Gasteiger partial charge in [0, 0.05) is 6.20 Å². The summed E-state index contributed by atoms with van der Waals surface area (Å²) in [4.78, 5) is 4.12. The quantitative estimate of drug-likeness (QED) is 0.762. The Morgan fingerprint density at radius 2 is 2.36 bits per heavy atom. The van der Waals surface area contributed by atoms with Crippen LogP contribution in [0.4, 0.5) is 0 Å². The molecule has 0 aliphatic rings. The lowest BCUT2D eigenvalue weighted by molar-refractivity contribution is 0.936. The minimum absolute atomic E-state index is 0.672. The minimum Gasteiger partial charge on any atom is -0.330 e. The molecule has 0 saturated heterocycles. The number of nitrogens with zero attached hydrogens (tertiary/aromatic N) is 1. The topological polar surface area (TPSA) is 38.9 Å². The van der Waals surface area contributed by atoms with Gasteiger partial charge in [-0.1, -0.05) is 0 Å². The molecule has 0 atom stereocenters. The molecule has 11 heavy (non-hydrogen) atoms. The average molecular weight is 215 g/mol. The second-order valence-corrected chi connectivity index (χ2v) is 3.19. The summed E-state index contributed by atoms with van der Waals surface area (Å²) in [6.45, 7) is 2.74. The fourth-order valence-corrected chi connectivity index (χ4v) is 1.63. The van der Waals surface area contributed by atoms with Crippen LogP contribution in [0.15, 0.2) is 16.9 Å². The monoisotopic (exact) mass is 214 g/mol. The first-order valence-corrected chi connectivity index (χ1v) is 4.35. The molecule has 0 aliphatic carbocycles. The third-order valence-electron chi connectivity index (χ3n) is 1.63. The zero-order chi connectivity index (χ0) is 8.27. The third kappa shape index (κ3) is 2.01. The smallest absolute Gasteiger partial charge is 0.109 e. The van der Waals surface area contributed by atoms with E-state index in [1.165, 1.54) is 11.1 Å². The van der Waals surface area contributed by atoms with E-state index in [4.69, 9.17) is 5.73 Å². The molecule has 1 heterocycles. The van der Waals surface area contributed by atoms with Gasteiger partial charge in [-0.3, -0.25) is 0 Å². The van der Waals surface area contributed by atoms with Crippen molar-refractivity contribution >= 4 is 15.9 Å². The summed E-state index contributed by atoms with van der Waals surface area (Å²) in [6.07, 6.45) is 2.68. The van der Waals surface area contributed by atoms with Crippen LogP contribution in [-0.2, 0) is 6.42 Å². The normalized spacial score (nSPS) is 10.1. The van der Waals surface area contributed by atoms with Gasteiger partial charge in [0.2, 0.25) is 0 Å². The van der Waals surface area contributed by atoms with Crippen LogP contribution >= 0.6 is 15.9 Å². The number of rotatable bonds is 2. The van der Waals surface area contributed by atoms with Crippen molar-refractivity contribution in [2.24, 2.45) is 5.73 Å². The van der Waals surface area contributed by atoms with Gasteiger partial charge in [0.05, 0.1) is 0 Å². The zero-order valence-corrected chi connectivity index (χ0v) is 8.06. The highest BCUT2D eigenvalue weighted by Crippen LogP contribution is 2.16. The number of halogens is 1. The Balaban J connectivity index is 3.00. The van der Waals surface area contributed by atoms with E-state index in [0.29, 0.717) is 6.54 Å². The van der Waals surface area contributed by atoms with Gasteiger partial charge in [-0.2, -0.15) is 0 Å². The maximum atomic E-state index is 5.45. The van der Waals surface area contributed by atoms with E-state index in [0.717, 1.165) is 11.0 Å². The van der Waals surface area contributed by atoms with Gasteiger partial charge in [0.25, 0.3) is 0 Å². The van der Waals surface area contributed by atoms with E-state index < -0.39 is 0 Å². The van der Waals surface area contributed by atoms with Crippen LogP contribution in [-0.4, -0.2) is 11.5 Å². The fraction of sp³-hybridized carbons (Fsp3) is 0.375. The molecular formula is C8H11BrN2.